The fourth-order valence-electron chi connectivity index (χ4n) is 2.76. The Labute approximate surface area is 156 Å². The Morgan fingerprint density at radius 3 is 2.76 bits per heavy atom. The third kappa shape index (κ3) is 4.26. The van der Waals surface area contributed by atoms with E-state index in [4.69, 9.17) is 4.98 Å². The zero-order valence-corrected chi connectivity index (χ0v) is 16.5. The highest BCUT2D eigenvalue weighted by Crippen LogP contribution is 2.28. The van der Waals surface area contributed by atoms with Gasteiger partial charge in [-0.15, -0.1) is 22.7 Å². The number of hydrogen-bond acceptors (Lipinski definition) is 4. The number of fused-ring (bicyclic) bond motifs is 1. The molecule has 0 saturated heterocycles. The van der Waals surface area contributed by atoms with Crippen LogP contribution >= 0.6 is 22.7 Å². The Balaban J connectivity index is 1.65. The number of benzene rings is 1. The van der Waals surface area contributed by atoms with Crippen molar-refractivity contribution in [3.05, 3.63) is 51.7 Å². The van der Waals surface area contributed by atoms with Crippen molar-refractivity contribution in [2.75, 3.05) is 20.1 Å². The number of thiazole rings is 1. The van der Waals surface area contributed by atoms with E-state index in [9.17, 15) is 4.79 Å². The number of hydrogen-bond donors (Lipinski definition) is 1. The molecule has 2 aromatic heterocycles. The average Bonchev–Trinajstić information content (AvgIpc) is 3.28. The van der Waals surface area contributed by atoms with Crippen molar-refractivity contribution in [3.8, 4) is 0 Å². The summed E-state index contributed by atoms with van der Waals surface area (Å²) in [6, 6.07) is 12.3. The molecule has 1 N–H and O–H groups in total. The van der Waals surface area contributed by atoms with Gasteiger partial charge in [-0.2, -0.15) is 0 Å². The molecule has 25 heavy (non-hydrogen) atoms. The van der Waals surface area contributed by atoms with Gasteiger partial charge in [0.25, 0.3) is 5.91 Å². The monoisotopic (exact) mass is 374 g/mol. The molecule has 3 rings (SSSR count). The minimum atomic E-state index is -0.00950. The van der Waals surface area contributed by atoms with Crippen molar-refractivity contribution in [2.45, 2.75) is 26.4 Å². The Bertz CT molecular complexity index is 795. The third-order valence-electron chi connectivity index (χ3n) is 4.55. The molecule has 0 radical (unpaired) electrons. The summed E-state index contributed by atoms with van der Waals surface area (Å²) in [6.45, 7) is 6.55. The quantitative estimate of drug-likeness (QED) is 0.690. The first kappa shape index (κ1) is 18.0. The summed E-state index contributed by atoms with van der Waals surface area (Å²) < 4.78 is 1.17. The van der Waals surface area contributed by atoms with Gasteiger partial charge in [-0.3, -0.25) is 4.79 Å². The van der Waals surface area contributed by atoms with Crippen LogP contribution < -0.4 is 4.90 Å². The summed E-state index contributed by atoms with van der Waals surface area (Å²) in [5.74, 6) is 0.167. The van der Waals surface area contributed by atoms with E-state index in [1.165, 1.54) is 14.5 Å². The van der Waals surface area contributed by atoms with Gasteiger partial charge in [0.2, 0.25) is 0 Å². The highest BCUT2D eigenvalue weighted by molar-refractivity contribution is 7.18. The number of amides is 1. The fourth-order valence-corrected chi connectivity index (χ4v) is 4.60. The van der Waals surface area contributed by atoms with Crippen LogP contribution in [0.15, 0.2) is 41.8 Å². The third-order valence-corrected chi connectivity index (χ3v) is 6.63. The molecule has 0 saturated carbocycles. The van der Waals surface area contributed by atoms with Crippen molar-refractivity contribution in [1.29, 1.82) is 0 Å². The van der Waals surface area contributed by atoms with Gasteiger partial charge in [-0.1, -0.05) is 18.2 Å². The van der Waals surface area contributed by atoms with Crippen LogP contribution in [-0.4, -0.2) is 35.9 Å². The molecule has 4 nitrogen and oxygen atoms in total. The van der Waals surface area contributed by atoms with E-state index in [1.807, 2.05) is 30.1 Å². The normalized spacial score (nSPS) is 13.7. The van der Waals surface area contributed by atoms with Crippen LogP contribution in [0.25, 0.3) is 10.2 Å². The summed E-state index contributed by atoms with van der Waals surface area (Å²) in [5.41, 5.74) is 1.01. The molecular formula is C19H24N3OS2+. The number of carbonyl (C=O) groups excluding carboxylic acids is 1. The average molecular weight is 375 g/mol. The van der Waals surface area contributed by atoms with Crippen LogP contribution in [0.3, 0.4) is 0 Å². The van der Waals surface area contributed by atoms with E-state index < -0.39 is 0 Å². The maximum atomic E-state index is 12.8. The van der Waals surface area contributed by atoms with Gasteiger partial charge >= 0.3 is 0 Å². The highest BCUT2D eigenvalue weighted by atomic mass is 32.1. The van der Waals surface area contributed by atoms with Crippen molar-refractivity contribution >= 4 is 38.8 Å². The second kappa shape index (κ2) is 8.08. The molecule has 1 aromatic carbocycles. The zero-order valence-electron chi connectivity index (χ0n) is 14.9. The number of quaternary nitrogens is 1. The Kier molecular flexibility index (Phi) is 5.83. The molecular weight excluding hydrogens is 350 g/mol. The molecule has 0 aliphatic rings. The first-order valence-electron chi connectivity index (χ1n) is 8.55. The van der Waals surface area contributed by atoms with Crippen molar-refractivity contribution in [2.24, 2.45) is 0 Å². The minimum Gasteiger partial charge on any atom is -0.332 e. The smallest absolute Gasteiger partial charge is 0.278 e. The number of thiophene rings is 1. The van der Waals surface area contributed by atoms with Crippen LogP contribution in [0, 0.1) is 0 Å². The lowest BCUT2D eigenvalue weighted by Gasteiger charge is -2.25. The molecule has 0 bridgehead atoms. The van der Waals surface area contributed by atoms with E-state index >= 15 is 0 Å². The zero-order chi connectivity index (χ0) is 17.8. The SMILES string of the molecule is CC[NH+](CC(=O)N(C)[C@H](C)c1nc2ccccc2s1)Cc1cccs1. The number of para-hydroxylation sites is 1. The number of nitrogens with one attached hydrogen (secondary N) is 1. The van der Waals surface area contributed by atoms with Crippen molar-refractivity contribution < 1.29 is 9.69 Å². The summed E-state index contributed by atoms with van der Waals surface area (Å²) >= 11 is 3.42. The molecule has 2 heterocycles. The lowest BCUT2D eigenvalue weighted by Crippen LogP contribution is -3.11. The van der Waals surface area contributed by atoms with Gasteiger partial charge in [-0.05, 0) is 37.4 Å². The van der Waals surface area contributed by atoms with Crippen molar-refractivity contribution in [1.82, 2.24) is 9.88 Å². The first-order valence-corrected chi connectivity index (χ1v) is 10.2. The summed E-state index contributed by atoms with van der Waals surface area (Å²) in [7, 11) is 1.89. The number of carbonyl (C=O) groups is 1. The molecule has 2 atom stereocenters. The predicted octanol–water partition coefficient (Wildman–Crippen LogP) is 2.98. The summed E-state index contributed by atoms with van der Waals surface area (Å²) in [6.07, 6.45) is 0. The van der Waals surface area contributed by atoms with Gasteiger partial charge in [-0.25, -0.2) is 4.98 Å². The van der Waals surface area contributed by atoms with E-state index in [1.54, 1.807) is 22.7 Å². The fraction of sp³-hybridized carbons (Fsp3) is 0.368. The van der Waals surface area contributed by atoms with E-state index in [-0.39, 0.29) is 11.9 Å². The number of likely N-dealkylation sites (N-methyl/N-ethyl adjacent to an activating group) is 2. The lowest BCUT2D eigenvalue weighted by molar-refractivity contribution is -0.904. The second-order valence-corrected chi connectivity index (χ2v) is 8.33. The van der Waals surface area contributed by atoms with Crippen LogP contribution in [0.2, 0.25) is 0 Å². The second-order valence-electron chi connectivity index (χ2n) is 6.24. The predicted molar refractivity (Wildman–Crippen MR) is 105 cm³/mol. The van der Waals surface area contributed by atoms with E-state index in [0.717, 1.165) is 23.6 Å². The summed E-state index contributed by atoms with van der Waals surface area (Å²) in [4.78, 5) is 21.9. The molecule has 132 valence electrons. The standard InChI is InChI=1S/C19H23N3OS2/c1-4-22(12-15-8-7-11-24-15)13-18(23)21(3)14(2)19-20-16-9-5-6-10-17(16)25-19/h5-11,14H,4,12-13H2,1-3H3/p+1/t14-/m1/s1. The number of rotatable bonds is 7. The molecule has 0 fully saturated rings. The molecule has 6 heteroatoms. The summed E-state index contributed by atoms with van der Waals surface area (Å²) in [5, 5.41) is 3.08. The molecule has 1 amide bonds. The largest absolute Gasteiger partial charge is 0.332 e. The number of aromatic nitrogens is 1. The van der Waals surface area contributed by atoms with Crippen molar-refractivity contribution in [3.63, 3.8) is 0 Å². The van der Waals surface area contributed by atoms with Gasteiger partial charge in [0.1, 0.15) is 11.6 Å². The van der Waals surface area contributed by atoms with Crippen LogP contribution in [0.4, 0.5) is 0 Å². The number of nitrogens with zero attached hydrogens (tertiary/aromatic N) is 2. The maximum Gasteiger partial charge on any atom is 0.278 e. The van der Waals surface area contributed by atoms with Gasteiger partial charge in [0, 0.05) is 7.05 Å². The minimum absolute atomic E-state index is 0.00950. The Morgan fingerprint density at radius 2 is 2.08 bits per heavy atom. The molecule has 3 aromatic rings. The van der Waals surface area contributed by atoms with Gasteiger partial charge < -0.3 is 9.80 Å². The van der Waals surface area contributed by atoms with E-state index in [0.29, 0.717) is 6.54 Å². The lowest BCUT2D eigenvalue weighted by atomic mass is 10.3. The molecule has 1 unspecified atom stereocenters. The van der Waals surface area contributed by atoms with Crippen LogP contribution in [0.1, 0.15) is 29.8 Å². The molecule has 0 spiro atoms. The van der Waals surface area contributed by atoms with E-state index in [2.05, 4.69) is 37.4 Å². The van der Waals surface area contributed by atoms with Gasteiger partial charge in [0.05, 0.1) is 27.7 Å². The Morgan fingerprint density at radius 1 is 1.28 bits per heavy atom. The maximum absolute atomic E-state index is 12.8. The topological polar surface area (TPSA) is 37.6 Å². The Hall–Kier alpha value is -1.76. The molecule has 0 aliphatic heterocycles. The molecule has 0 aliphatic carbocycles. The van der Waals surface area contributed by atoms with Crippen LogP contribution in [0.5, 0.6) is 0 Å². The van der Waals surface area contributed by atoms with Gasteiger partial charge in [0.15, 0.2) is 6.54 Å². The first-order chi connectivity index (χ1) is 12.1. The van der Waals surface area contributed by atoms with Crippen LogP contribution in [-0.2, 0) is 11.3 Å². The highest BCUT2D eigenvalue weighted by Gasteiger charge is 2.24.